The summed E-state index contributed by atoms with van der Waals surface area (Å²) in [4.78, 5) is 21.1. The molecular weight excluding hydrogens is 468 g/mol. The highest BCUT2D eigenvalue weighted by Crippen LogP contribution is 2.31. The number of nitrogens with zero attached hydrogens (tertiary/aromatic N) is 1. The van der Waals surface area contributed by atoms with Gasteiger partial charge in [-0.3, -0.25) is 4.98 Å². The highest BCUT2D eigenvalue weighted by Gasteiger charge is 2.25. The van der Waals surface area contributed by atoms with Crippen molar-refractivity contribution in [1.29, 1.82) is 0 Å². The summed E-state index contributed by atoms with van der Waals surface area (Å²) in [6.07, 6.45) is 2.81. The number of halogens is 1. The van der Waals surface area contributed by atoms with Gasteiger partial charge in [0.05, 0.1) is 33.5 Å². The molecular formula is C18H15BrN2O5S2. The fourth-order valence-corrected chi connectivity index (χ4v) is 5.53. The molecule has 1 N–H and O–H groups in total. The predicted molar refractivity (Wildman–Crippen MR) is 107 cm³/mol. The average molecular weight is 483 g/mol. The van der Waals surface area contributed by atoms with Crippen LogP contribution in [0.25, 0.3) is 0 Å². The first kappa shape index (κ1) is 20.5. The number of hydrogen-bond acceptors (Lipinski definition) is 8. The van der Waals surface area contributed by atoms with E-state index in [1.807, 2.05) is 0 Å². The molecule has 0 aliphatic rings. The van der Waals surface area contributed by atoms with E-state index in [0.29, 0.717) is 21.3 Å². The number of rotatable bonds is 7. The van der Waals surface area contributed by atoms with Gasteiger partial charge in [-0.1, -0.05) is 0 Å². The highest BCUT2D eigenvalue weighted by molar-refractivity contribution is 9.10. The number of thiophene rings is 1. The molecule has 2 aromatic heterocycles. The largest absolute Gasteiger partial charge is 0.497 e. The lowest BCUT2D eigenvalue weighted by atomic mass is 10.3. The van der Waals surface area contributed by atoms with Crippen LogP contribution in [0.3, 0.4) is 0 Å². The Balaban J connectivity index is 1.84. The van der Waals surface area contributed by atoms with E-state index in [-0.39, 0.29) is 16.3 Å². The number of carbonyl (C=O) groups excluding carboxylic acids is 1. The lowest BCUT2D eigenvalue weighted by Gasteiger charge is -2.13. The van der Waals surface area contributed by atoms with Gasteiger partial charge in [0.25, 0.3) is 0 Å². The van der Waals surface area contributed by atoms with Crippen molar-refractivity contribution >= 4 is 43.1 Å². The summed E-state index contributed by atoms with van der Waals surface area (Å²) in [5, 5.41) is 3.42. The summed E-state index contributed by atoms with van der Waals surface area (Å²) < 4.78 is 31.6. The molecule has 0 saturated carbocycles. The Morgan fingerprint density at radius 3 is 2.61 bits per heavy atom. The molecule has 3 aromatic rings. The van der Waals surface area contributed by atoms with Crippen molar-refractivity contribution in [2.45, 2.75) is 16.3 Å². The molecule has 3 rings (SSSR count). The number of aromatic nitrogens is 1. The van der Waals surface area contributed by atoms with Crippen molar-refractivity contribution in [1.82, 2.24) is 10.5 Å². The van der Waals surface area contributed by atoms with E-state index < -0.39 is 15.8 Å². The summed E-state index contributed by atoms with van der Waals surface area (Å²) in [7, 11) is -2.34. The maximum Gasteiger partial charge on any atom is 0.357 e. The number of carbonyl (C=O) groups is 1. The smallest absolute Gasteiger partial charge is 0.357 e. The number of nitrogens with one attached hydrogen (secondary N) is 1. The summed E-state index contributed by atoms with van der Waals surface area (Å²) >= 11 is 4.63. The van der Waals surface area contributed by atoms with Crippen molar-refractivity contribution in [2.24, 2.45) is 0 Å². The second-order valence-electron chi connectivity index (χ2n) is 5.51. The van der Waals surface area contributed by atoms with Gasteiger partial charge in [0.1, 0.15) is 5.75 Å². The van der Waals surface area contributed by atoms with Crippen LogP contribution in [0.4, 0.5) is 0 Å². The van der Waals surface area contributed by atoms with Crippen LogP contribution in [0.2, 0.25) is 0 Å². The molecule has 146 valence electrons. The molecule has 28 heavy (non-hydrogen) atoms. The van der Waals surface area contributed by atoms with E-state index in [1.54, 1.807) is 29.0 Å². The van der Waals surface area contributed by atoms with Gasteiger partial charge in [-0.05, 0) is 51.6 Å². The lowest BCUT2D eigenvalue weighted by Crippen LogP contribution is -2.21. The molecule has 0 saturated heterocycles. The quantitative estimate of drug-likeness (QED) is 0.513. The Morgan fingerprint density at radius 1 is 1.21 bits per heavy atom. The molecule has 1 aromatic carbocycles. The fraction of sp³-hybridized carbons (Fsp3) is 0.111. The average Bonchev–Trinajstić information content (AvgIpc) is 3.23. The number of pyridine rings is 1. The second-order valence-corrected chi connectivity index (χ2v) is 9.03. The lowest BCUT2D eigenvalue weighted by molar-refractivity contribution is 0.0236. The van der Waals surface area contributed by atoms with Crippen LogP contribution < -0.4 is 10.2 Å². The minimum absolute atomic E-state index is 0.0347. The van der Waals surface area contributed by atoms with Gasteiger partial charge in [0.2, 0.25) is 9.84 Å². The maximum absolute atomic E-state index is 13.1. The number of benzene rings is 1. The Kier molecular flexibility index (Phi) is 6.45. The van der Waals surface area contributed by atoms with Crippen LogP contribution in [0.1, 0.15) is 15.9 Å². The first-order valence-electron chi connectivity index (χ1n) is 7.91. The van der Waals surface area contributed by atoms with E-state index in [0.717, 1.165) is 0 Å². The van der Waals surface area contributed by atoms with Gasteiger partial charge in [0.15, 0.2) is 0 Å². The highest BCUT2D eigenvalue weighted by atomic mass is 79.9. The summed E-state index contributed by atoms with van der Waals surface area (Å²) in [6, 6.07) is 7.71. The van der Waals surface area contributed by atoms with E-state index in [4.69, 9.17) is 9.57 Å². The SMILES string of the molecule is COc1ccc(S(=O)(=O)c2c(Br)cncc2CNOC(=O)c2ccsc2)cc1. The summed E-state index contributed by atoms with van der Waals surface area (Å²) in [5.74, 6) is -0.00116. The number of hydrogen-bond donors (Lipinski definition) is 1. The van der Waals surface area contributed by atoms with Gasteiger partial charge in [-0.15, -0.1) is 5.48 Å². The predicted octanol–water partition coefficient (Wildman–Crippen LogP) is 3.61. The van der Waals surface area contributed by atoms with Crippen molar-refractivity contribution in [3.63, 3.8) is 0 Å². The Bertz CT molecular complexity index is 1070. The molecule has 0 radical (unpaired) electrons. The number of hydroxylamine groups is 1. The van der Waals surface area contributed by atoms with Gasteiger partial charge in [-0.2, -0.15) is 11.3 Å². The molecule has 0 spiro atoms. The van der Waals surface area contributed by atoms with Crippen molar-refractivity contribution < 1.29 is 22.8 Å². The third kappa shape index (κ3) is 4.41. The van der Waals surface area contributed by atoms with Crippen molar-refractivity contribution in [3.8, 4) is 5.75 Å². The minimum Gasteiger partial charge on any atom is -0.497 e. The molecule has 0 unspecified atom stereocenters. The molecule has 0 amide bonds. The van der Waals surface area contributed by atoms with Gasteiger partial charge in [-0.25, -0.2) is 13.2 Å². The molecule has 0 aliphatic heterocycles. The molecule has 0 fully saturated rings. The van der Waals surface area contributed by atoms with Crippen LogP contribution in [0.5, 0.6) is 5.75 Å². The van der Waals surface area contributed by atoms with Crippen molar-refractivity contribution in [3.05, 3.63) is 69.1 Å². The number of ether oxygens (including phenoxy) is 1. The number of sulfone groups is 1. The van der Waals surface area contributed by atoms with E-state index in [9.17, 15) is 13.2 Å². The normalized spacial score (nSPS) is 11.2. The maximum atomic E-state index is 13.1. The van der Waals surface area contributed by atoms with E-state index in [2.05, 4.69) is 26.4 Å². The molecule has 0 atom stereocenters. The minimum atomic E-state index is -3.84. The zero-order valence-corrected chi connectivity index (χ0v) is 17.8. The first-order chi connectivity index (χ1) is 13.4. The third-order valence-corrected chi connectivity index (χ3v) is 7.21. The third-order valence-electron chi connectivity index (χ3n) is 3.75. The van der Waals surface area contributed by atoms with Gasteiger partial charge < -0.3 is 9.57 Å². The molecule has 7 nitrogen and oxygen atoms in total. The van der Waals surface area contributed by atoms with E-state index >= 15 is 0 Å². The van der Waals surface area contributed by atoms with Gasteiger partial charge in [0, 0.05) is 23.3 Å². The first-order valence-corrected chi connectivity index (χ1v) is 11.1. The molecule has 10 heteroatoms. The Hall–Kier alpha value is -2.27. The Morgan fingerprint density at radius 2 is 1.96 bits per heavy atom. The standard InChI is InChI=1S/C18H15BrN2O5S2/c1-25-14-2-4-15(5-3-14)28(23,24)17-13(8-20-10-16(17)19)9-21-26-18(22)12-6-7-27-11-12/h2-8,10-11,21H,9H2,1H3. The Labute approximate surface area is 174 Å². The van der Waals surface area contributed by atoms with Crippen LogP contribution in [0, 0.1) is 0 Å². The number of methoxy groups -OCH3 is 1. The van der Waals surface area contributed by atoms with Crippen LogP contribution >= 0.6 is 27.3 Å². The van der Waals surface area contributed by atoms with Crippen molar-refractivity contribution in [2.75, 3.05) is 7.11 Å². The molecule has 2 heterocycles. The molecule has 0 bridgehead atoms. The van der Waals surface area contributed by atoms with Crippen LogP contribution in [0.15, 0.2) is 67.7 Å². The second kappa shape index (κ2) is 8.82. The summed E-state index contributed by atoms with van der Waals surface area (Å²) in [5.41, 5.74) is 3.27. The summed E-state index contributed by atoms with van der Waals surface area (Å²) in [6.45, 7) is -0.0347. The zero-order chi connectivity index (χ0) is 20.1. The zero-order valence-electron chi connectivity index (χ0n) is 14.6. The van der Waals surface area contributed by atoms with Crippen LogP contribution in [-0.4, -0.2) is 26.5 Å². The van der Waals surface area contributed by atoms with E-state index in [1.165, 1.54) is 43.0 Å². The van der Waals surface area contributed by atoms with Gasteiger partial charge >= 0.3 is 5.97 Å². The fourth-order valence-electron chi connectivity index (χ4n) is 2.38. The topological polar surface area (TPSA) is 94.6 Å². The molecule has 0 aliphatic carbocycles. The monoisotopic (exact) mass is 482 g/mol. The van der Waals surface area contributed by atoms with Crippen LogP contribution in [-0.2, 0) is 21.2 Å².